The van der Waals surface area contributed by atoms with Gasteiger partial charge in [-0.3, -0.25) is 38.4 Å². The fourth-order valence-electron chi connectivity index (χ4n) is 9.42. The number of likely N-dealkylation sites (tertiary alicyclic amines) is 1. The van der Waals surface area contributed by atoms with Gasteiger partial charge < -0.3 is 52.8 Å². The molecule has 3 aromatic rings. The van der Waals surface area contributed by atoms with E-state index >= 15 is 0 Å². The summed E-state index contributed by atoms with van der Waals surface area (Å²) in [5.41, 5.74) is 4.42. The zero-order chi connectivity index (χ0) is 56.7. The fraction of sp³-hybridized carbons (Fsp3) is 0.559. The molecule has 2 aliphatic rings. The first kappa shape index (κ1) is 67.2. The molecule has 5 rings (SSSR count). The SMILES string of the molecule is CN[C@@H](C)C(=O)N[C@H](C(=O)N[C@@H](CCNC(=O)c1ccc(CCc2ccc(C(=O)N[C@@H]3C[C@@H](C(=O)N[C@@H]4CCCc5ccccc54)N(C(=O)[C@@H](NC(=O)[C@H](C)NC)C(C)(C)C)C3)cc2)cc1)C(=O)NC(C)C(C)C)C(C)C.Cl.Cl. The van der Waals surface area contributed by atoms with E-state index < -0.39 is 53.6 Å². The van der Waals surface area contributed by atoms with Crippen molar-refractivity contribution < 1.29 is 38.4 Å². The van der Waals surface area contributed by atoms with E-state index in [9.17, 15) is 38.4 Å². The molecule has 1 fully saturated rings. The lowest BCUT2D eigenvalue weighted by molar-refractivity contribution is -0.144. The molecule has 79 heavy (non-hydrogen) atoms. The van der Waals surface area contributed by atoms with Crippen molar-refractivity contribution in [3.05, 3.63) is 106 Å². The second-order valence-corrected chi connectivity index (χ2v) is 22.7. The Morgan fingerprint density at radius 3 is 1.73 bits per heavy atom. The Bertz CT molecular complexity index is 2540. The number of halogens is 2. The minimum absolute atomic E-state index is 0. The normalized spacial score (nSPS) is 18.2. The van der Waals surface area contributed by atoms with E-state index in [-0.39, 0.29) is 116 Å². The molecule has 20 heteroatoms. The largest absolute Gasteiger partial charge is 0.352 e. The first-order valence-corrected chi connectivity index (χ1v) is 27.4. The third-order valence-corrected chi connectivity index (χ3v) is 15.1. The third-order valence-electron chi connectivity index (χ3n) is 15.1. The molecule has 9 N–H and O–H groups in total. The number of nitrogens with one attached hydrogen (secondary N) is 9. The first-order valence-electron chi connectivity index (χ1n) is 27.4. The van der Waals surface area contributed by atoms with Crippen LogP contribution < -0.4 is 47.9 Å². The van der Waals surface area contributed by atoms with E-state index in [4.69, 9.17) is 0 Å². The monoisotopic (exact) mass is 1130 g/mol. The summed E-state index contributed by atoms with van der Waals surface area (Å²) < 4.78 is 0. The smallest absolute Gasteiger partial charge is 0.251 e. The summed E-state index contributed by atoms with van der Waals surface area (Å²) in [5, 5.41) is 26.5. The molecular weight excluding hydrogens is 1050 g/mol. The van der Waals surface area contributed by atoms with Crippen molar-refractivity contribution >= 4 is 72.1 Å². The molecule has 0 spiro atoms. The summed E-state index contributed by atoms with van der Waals surface area (Å²) >= 11 is 0. The van der Waals surface area contributed by atoms with Gasteiger partial charge in [-0.05, 0) is 144 Å². The Labute approximate surface area is 480 Å². The molecule has 0 aromatic heterocycles. The molecule has 436 valence electrons. The van der Waals surface area contributed by atoms with Crippen molar-refractivity contribution in [3.8, 4) is 0 Å². The van der Waals surface area contributed by atoms with Gasteiger partial charge in [0.05, 0.1) is 18.1 Å². The van der Waals surface area contributed by atoms with Gasteiger partial charge in [-0.25, -0.2) is 0 Å². The molecule has 9 atom stereocenters. The molecule has 1 saturated heterocycles. The van der Waals surface area contributed by atoms with Crippen molar-refractivity contribution in [2.75, 3.05) is 27.2 Å². The van der Waals surface area contributed by atoms with Gasteiger partial charge in [0.15, 0.2) is 0 Å². The quantitative estimate of drug-likeness (QED) is 0.0590. The van der Waals surface area contributed by atoms with Crippen LogP contribution in [0, 0.1) is 17.3 Å². The van der Waals surface area contributed by atoms with Gasteiger partial charge in [-0.1, -0.05) is 97.0 Å². The van der Waals surface area contributed by atoms with Crippen LogP contribution in [-0.2, 0) is 48.0 Å². The van der Waals surface area contributed by atoms with E-state index in [1.165, 1.54) is 10.5 Å². The summed E-state index contributed by atoms with van der Waals surface area (Å²) in [6, 6.07) is 17.0. The standard InChI is InChI=1S/C59H86N10O8.2ClH/c1-34(2)36(5)63-55(74)47(66-57(76)49(35(3)4)67-51(70)37(6)60-11)30-31-62-53(72)42-26-22-39(23-27-42)20-21-40-24-28-43(29-25-40)54(73)64-44-32-48(56(75)65-46-19-15-17-41-16-13-14-18-45(41)46)69(33-44)58(77)50(59(8,9)10)68-52(71)38(7)61-12;;/h13-14,16,18,22-29,34-38,44,46-50,60-61H,15,17,19-21,30-33H2,1-12H3,(H,62,72)(H,63,74)(H,64,73)(H,65,75)(H,66,76)(H,67,70)(H,68,71);2*1H/t36?,37-,38-,44+,46+,47-,48-,49-,50+;;/m0../s1. The highest BCUT2D eigenvalue weighted by atomic mass is 35.5. The van der Waals surface area contributed by atoms with Gasteiger partial charge in [0.2, 0.25) is 35.4 Å². The molecule has 1 aliphatic heterocycles. The van der Waals surface area contributed by atoms with Crippen LogP contribution >= 0.6 is 24.8 Å². The Balaban J connectivity index is 0.00000820. The summed E-state index contributed by atoms with van der Waals surface area (Å²) in [6.45, 7) is 18.7. The van der Waals surface area contributed by atoms with E-state index in [0.717, 1.165) is 36.0 Å². The van der Waals surface area contributed by atoms with Crippen LogP contribution in [0.15, 0.2) is 72.8 Å². The molecule has 18 nitrogen and oxygen atoms in total. The summed E-state index contributed by atoms with van der Waals surface area (Å²) in [7, 11) is 3.32. The number of carbonyl (C=O) groups excluding carboxylic acids is 8. The second kappa shape index (κ2) is 31.1. The molecule has 3 aromatic carbocycles. The Morgan fingerprint density at radius 2 is 1.19 bits per heavy atom. The number of nitrogens with zero attached hydrogens (tertiary/aromatic N) is 1. The third kappa shape index (κ3) is 19.0. The Kier molecular flexibility index (Phi) is 26.4. The second-order valence-electron chi connectivity index (χ2n) is 22.7. The number of aryl methyl sites for hydroxylation is 3. The van der Waals surface area contributed by atoms with Gasteiger partial charge in [0.25, 0.3) is 11.8 Å². The van der Waals surface area contributed by atoms with Crippen LogP contribution in [0.3, 0.4) is 0 Å². The average Bonchev–Trinajstić information content (AvgIpc) is 3.88. The molecule has 1 heterocycles. The lowest BCUT2D eigenvalue weighted by Gasteiger charge is -2.36. The fourth-order valence-corrected chi connectivity index (χ4v) is 9.42. The van der Waals surface area contributed by atoms with E-state index in [2.05, 4.69) is 53.9 Å². The van der Waals surface area contributed by atoms with Crippen molar-refractivity contribution in [2.45, 2.75) is 169 Å². The van der Waals surface area contributed by atoms with Crippen LogP contribution in [0.4, 0.5) is 0 Å². The van der Waals surface area contributed by atoms with Gasteiger partial charge in [0, 0.05) is 36.3 Å². The maximum absolute atomic E-state index is 14.6. The average molecular weight is 1140 g/mol. The lowest BCUT2D eigenvalue weighted by Crippen LogP contribution is -2.59. The summed E-state index contributed by atoms with van der Waals surface area (Å²) in [6.07, 6.45) is 4.26. The van der Waals surface area contributed by atoms with Crippen LogP contribution in [0.1, 0.15) is 144 Å². The van der Waals surface area contributed by atoms with Crippen molar-refractivity contribution in [2.24, 2.45) is 17.3 Å². The van der Waals surface area contributed by atoms with Crippen LogP contribution in [0.25, 0.3) is 0 Å². The maximum Gasteiger partial charge on any atom is 0.251 e. The number of likely N-dealkylation sites (N-methyl/N-ethyl adjacent to an activating group) is 2. The predicted octanol–water partition coefficient (Wildman–Crippen LogP) is 4.86. The van der Waals surface area contributed by atoms with Crippen molar-refractivity contribution in [1.29, 1.82) is 0 Å². The summed E-state index contributed by atoms with van der Waals surface area (Å²) in [4.78, 5) is 110. The van der Waals surface area contributed by atoms with Crippen LogP contribution in [-0.4, -0.2) is 128 Å². The predicted molar refractivity (Wildman–Crippen MR) is 313 cm³/mol. The molecule has 0 bridgehead atoms. The van der Waals surface area contributed by atoms with Crippen molar-refractivity contribution in [3.63, 3.8) is 0 Å². The Morgan fingerprint density at radius 1 is 0.633 bits per heavy atom. The summed E-state index contributed by atoms with van der Waals surface area (Å²) in [5.74, 6) is -3.03. The molecule has 1 unspecified atom stereocenters. The van der Waals surface area contributed by atoms with Crippen LogP contribution in [0.2, 0.25) is 0 Å². The topological polar surface area (TPSA) is 248 Å². The number of hydrogen-bond donors (Lipinski definition) is 9. The highest BCUT2D eigenvalue weighted by Crippen LogP contribution is 2.32. The number of carbonyl (C=O) groups is 8. The highest BCUT2D eigenvalue weighted by Gasteiger charge is 2.46. The zero-order valence-electron chi connectivity index (χ0n) is 48.2. The number of hydrogen-bond acceptors (Lipinski definition) is 10. The number of rotatable bonds is 24. The zero-order valence-corrected chi connectivity index (χ0v) is 49.8. The van der Waals surface area contributed by atoms with Gasteiger partial charge in [-0.15, -0.1) is 24.8 Å². The molecule has 0 saturated carbocycles. The van der Waals surface area contributed by atoms with Gasteiger partial charge in [0.1, 0.15) is 24.2 Å². The van der Waals surface area contributed by atoms with E-state index in [1.54, 1.807) is 52.2 Å². The highest BCUT2D eigenvalue weighted by molar-refractivity contribution is 5.97. The molecular formula is C59H88Cl2N10O8. The van der Waals surface area contributed by atoms with Gasteiger partial charge >= 0.3 is 0 Å². The molecule has 0 radical (unpaired) electrons. The van der Waals surface area contributed by atoms with E-state index in [1.807, 2.05) is 97.9 Å². The molecule has 1 aliphatic carbocycles. The minimum atomic E-state index is -0.968. The van der Waals surface area contributed by atoms with Crippen LogP contribution in [0.5, 0.6) is 0 Å². The Hall–Kier alpha value is -6.08. The number of amides is 8. The van der Waals surface area contributed by atoms with Gasteiger partial charge in [-0.2, -0.15) is 0 Å². The first-order chi connectivity index (χ1) is 36.4. The minimum Gasteiger partial charge on any atom is -0.352 e. The van der Waals surface area contributed by atoms with Crippen molar-refractivity contribution in [1.82, 2.24) is 52.8 Å². The lowest BCUT2D eigenvalue weighted by atomic mass is 9.85. The number of fused-ring (bicyclic) bond motifs is 1. The van der Waals surface area contributed by atoms with E-state index in [0.29, 0.717) is 24.0 Å². The number of benzene rings is 3. The maximum atomic E-state index is 14.6. The molecule has 8 amide bonds.